The number of phosphoric acid groups is 1. The number of ether oxygens (including phenoxy) is 3. The lowest BCUT2D eigenvalue weighted by atomic mass is 9.63. The van der Waals surface area contributed by atoms with Crippen LogP contribution in [0.15, 0.2) is 59.7 Å². The standard InChI is InChI=1S/C34H35Cl2F5N3O10P/c1-18(35)6-5-7-22(37)27-28(29(45)43-24-11-8-19(12-25(24)51-4)30(46)53-17-54-55(48,49)50)44-26(14-32(2,3)16-52-31(47)34(39,40)41)33(27,15-42)21-10-9-20(36)13-23(21)38/h5-13,22,26-28,44H,14,16-17H2,1-4H3,(H,43,45)(H2,48,49,50)/b7-5-,18-6+/t22?,26-,27-,28+,33-/m0/s1. The Labute approximate surface area is 321 Å². The molecule has 1 unspecified atom stereocenters. The second-order valence-electron chi connectivity index (χ2n) is 12.9. The van der Waals surface area contributed by atoms with Crippen molar-refractivity contribution in [2.45, 2.75) is 57.0 Å². The Morgan fingerprint density at radius 1 is 1.16 bits per heavy atom. The first-order chi connectivity index (χ1) is 25.5. The van der Waals surface area contributed by atoms with Crippen LogP contribution in [-0.2, 0) is 33.6 Å². The molecule has 13 nitrogen and oxygen atoms in total. The van der Waals surface area contributed by atoms with Crippen molar-refractivity contribution in [3.8, 4) is 11.8 Å². The van der Waals surface area contributed by atoms with Crippen molar-refractivity contribution in [3.05, 3.63) is 81.6 Å². The summed E-state index contributed by atoms with van der Waals surface area (Å²) in [5.74, 6) is -7.59. The van der Waals surface area contributed by atoms with E-state index >= 15 is 8.78 Å². The van der Waals surface area contributed by atoms with E-state index in [-0.39, 0.29) is 33.5 Å². The number of hydrogen-bond donors (Lipinski definition) is 4. The molecule has 300 valence electrons. The molecule has 21 heteroatoms. The molecule has 0 radical (unpaired) electrons. The molecule has 0 bridgehead atoms. The summed E-state index contributed by atoms with van der Waals surface area (Å²) < 4.78 is 101. The number of alkyl halides is 4. The zero-order valence-corrected chi connectivity index (χ0v) is 31.7. The molecule has 0 aromatic heterocycles. The SMILES string of the molecule is COc1cc(C(=O)OCOP(=O)(O)O)ccc1NC(=O)[C@@H]1N[C@@H](CC(C)(C)COC(=O)C(F)(F)F)[C@](C#N)(c2ccc(Cl)cc2F)[C@H]1C(F)/C=C\C=C(/C)Cl. The Kier molecular flexibility index (Phi) is 15.0. The van der Waals surface area contributed by atoms with E-state index in [1.165, 1.54) is 45.1 Å². The van der Waals surface area contributed by atoms with Crippen molar-refractivity contribution in [1.82, 2.24) is 5.32 Å². The van der Waals surface area contributed by atoms with Crippen LogP contribution in [0.1, 0.15) is 43.1 Å². The second-order valence-corrected chi connectivity index (χ2v) is 15.2. The summed E-state index contributed by atoms with van der Waals surface area (Å²) in [4.78, 5) is 55.8. The number of nitrogens with zero attached hydrogens (tertiary/aromatic N) is 1. The summed E-state index contributed by atoms with van der Waals surface area (Å²) in [5, 5.41) is 16.5. The molecule has 0 spiro atoms. The molecule has 2 aromatic carbocycles. The van der Waals surface area contributed by atoms with Crippen molar-refractivity contribution >= 4 is 54.6 Å². The number of hydrogen-bond acceptors (Lipinski definition) is 10. The van der Waals surface area contributed by atoms with Crippen LogP contribution in [0.3, 0.4) is 0 Å². The molecule has 1 amide bonds. The molecule has 1 saturated heterocycles. The van der Waals surface area contributed by atoms with Gasteiger partial charge in [-0.25, -0.2) is 27.5 Å². The second kappa shape index (κ2) is 18.2. The lowest BCUT2D eigenvalue weighted by Crippen LogP contribution is -2.48. The van der Waals surface area contributed by atoms with Crippen molar-refractivity contribution in [1.29, 1.82) is 5.26 Å². The number of phosphoric ester groups is 1. The summed E-state index contributed by atoms with van der Waals surface area (Å²) in [6.07, 6.45) is -4.40. The summed E-state index contributed by atoms with van der Waals surface area (Å²) in [6, 6.07) is 5.52. The maximum atomic E-state index is 16.7. The van der Waals surface area contributed by atoms with Gasteiger partial charge in [0, 0.05) is 33.0 Å². The fourth-order valence-corrected chi connectivity index (χ4v) is 6.40. The lowest BCUT2D eigenvalue weighted by Gasteiger charge is -2.38. The summed E-state index contributed by atoms with van der Waals surface area (Å²) in [7, 11) is -3.79. The zero-order chi connectivity index (χ0) is 41.5. The predicted octanol–water partition coefficient (Wildman–Crippen LogP) is 6.63. The molecule has 0 aliphatic carbocycles. The van der Waals surface area contributed by atoms with Gasteiger partial charge in [0.1, 0.15) is 23.2 Å². The van der Waals surface area contributed by atoms with Gasteiger partial charge in [-0.1, -0.05) is 55.3 Å². The molecular weight excluding hydrogens is 807 g/mol. The van der Waals surface area contributed by atoms with E-state index in [1.54, 1.807) is 0 Å². The van der Waals surface area contributed by atoms with Crippen LogP contribution in [-0.4, -0.2) is 72.6 Å². The largest absolute Gasteiger partial charge is 0.495 e. The molecule has 55 heavy (non-hydrogen) atoms. The highest BCUT2D eigenvalue weighted by molar-refractivity contribution is 7.46. The van der Waals surface area contributed by atoms with Crippen LogP contribution in [0.25, 0.3) is 0 Å². The number of carbonyl (C=O) groups excluding carboxylic acids is 3. The number of methoxy groups -OCH3 is 1. The highest BCUT2D eigenvalue weighted by Crippen LogP contribution is 2.50. The first kappa shape index (κ1) is 45.3. The number of allylic oxidation sites excluding steroid dienone is 4. The van der Waals surface area contributed by atoms with Crippen LogP contribution in [0.4, 0.5) is 27.6 Å². The van der Waals surface area contributed by atoms with Crippen molar-refractivity contribution in [3.63, 3.8) is 0 Å². The number of benzene rings is 2. The number of halogens is 7. The van der Waals surface area contributed by atoms with E-state index in [4.69, 9.17) is 37.7 Å². The Bertz CT molecular complexity index is 1920. The van der Waals surface area contributed by atoms with E-state index in [2.05, 4.69) is 24.6 Å². The summed E-state index contributed by atoms with van der Waals surface area (Å²) >= 11 is 11.9. The fraction of sp³-hybridized carbons (Fsp3) is 0.412. The van der Waals surface area contributed by atoms with E-state index in [0.717, 1.165) is 37.5 Å². The van der Waals surface area contributed by atoms with E-state index < -0.39 is 91.6 Å². The molecule has 1 aliphatic heterocycles. The van der Waals surface area contributed by atoms with Gasteiger partial charge in [0.25, 0.3) is 0 Å². The average molecular weight is 843 g/mol. The molecule has 1 heterocycles. The predicted molar refractivity (Wildman–Crippen MR) is 187 cm³/mol. The molecule has 3 rings (SSSR count). The molecular formula is C34H35Cl2F5N3O10P. The van der Waals surface area contributed by atoms with Crippen molar-refractivity contribution in [2.75, 3.05) is 25.8 Å². The smallest absolute Gasteiger partial charge is 0.490 e. The van der Waals surface area contributed by atoms with Gasteiger partial charge in [-0.05, 0) is 49.8 Å². The third-order valence-corrected chi connectivity index (χ3v) is 9.11. The first-order valence-electron chi connectivity index (χ1n) is 15.8. The topological polar surface area (TPSA) is 194 Å². The molecule has 1 aliphatic rings. The quantitative estimate of drug-likeness (QED) is 0.0493. The maximum Gasteiger partial charge on any atom is 0.490 e. The highest BCUT2D eigenvalue weighted by Gasteiger charge is 2.62. The highest BCUT2D eigenvalue weighted by atomic mass is 35.5. The molecule has 1 fully saturated rings. The van der Waals surface area contributed by atoms with Crippen LogP contribution >= 0.6 is 31.0 Å². The van der Waals surface area contributed by atoms with Crippen LogP contribution < -0.4 is 15.4 Å². The van der Waals surface area contributed by atoms with Gasteiger partial charge in [0.05, 0.1) is 37.1 Å². The van der Waals surface area contributed by atoms with Gasteiger partial charge in [-0.15, -0.1) is 0 Å². The summed E-state index contributed by atoms with van der Waals surface area (Å²) in [5.41, 5.74) is -4.41. The maximum absolute atomic E-state index is 16.7. The Morgan fingerprint density at radius 2 is 1.84 bits per heavy atom. The molecule has 5 atom stereocenters. The van der Waals surface area contributed by atoms with E-state index in [0.29, 0.717) is 0 Å². The average Bonchev–Trinajstić information content (AvgIpc) is 3.39. The minimum Gasteiger partial charge on any atom is -0.495 e. The van der Waals surface area contributed by atoms with E-state index in [1.807, 2.05) is 6.07 Å². The molecule has 2 aromatic rings. The first-order valence-corrected chi connectivity index (χ1v) is 18.1. The Hall–Kier alpha value is -4.08. The Morgan fingerprint density at radius 3 is 2.40 bits per heavy atom. The van der Waals surface area contributed by atoms with Gasteiger partial charge in [0.15, 0.2) is 0 Å². The van der Waals surface area contributed by atoms with Crippen LogP contribution in [0.5, 0.6) is 5.75 Å². The minimum absolute atomic E-state index is 0.0877. The van der Waals surface area contributed by atoms with Gasteiger partial charge in [-0.3, -0.25) is 4.79 Å². The Balaban J connectivity index is 2.14. The minimum atomic E-state index is -5.32. The normalized spacial score (nSPS) is 21.2. The fourth-order valence-electron chi connectivity index (χ4n) is 5.98. The summed E-state index contributed by atoms with van der Waals surface area (Å²) in [6.45, 7) is 2.32. The zero-order valence-electron chi connectivity index (χ0n) is 29.3. The number of nitrogens with one attached hydrogen (secondary N) is 2. The number of amides is 1. The monoisotopic (exact) mass is 841 g/mol. The van der Waals surface area contributed by atoms with Gasteiger partial charge < -0.3 is 34.6 Å². The number of nitriles is 1. The number of esters is 2. The van der Waals surface area contributed by atoms with Crippen LogP contribution in [0.2, 0.25) is 5.02 Å². The number of carbonyl (C=O) groups is 3. The van der Waals surface area contributed by atoms with Crippen molar-refractivity contribution in [2.24, 2.45) is 11.3 Å². The number of rotatable bonds is 15. The van der Waals surface area contributed by atoms with Gasteiger partial charge >= 0.3 is 25.9 Å². The van der Waals surface area contributed by atoms with Crippen molar-refractivity contribution < 1.29 is 69.4 Å². The van der Waals surface area contributed by atoms with Gasteiger partial charge in [-0.2, -0.15) is 18.4 Å². The molecule has 4 N–H and O–H groups in total. The van der Waals surface area contributed by atoms with Crippen LogP contribution in [0, 0.1) is 28.5 Å². The number of anilines is 1. The third kappa shape index (κ3) is 11.7. The molecule has 0 saturated carbocycles. The third-order valence-electron chi connectivity index (χ3n) is 8.31. The van der Waals surface area contributed by atoms with Gasteiger partial charge in [0.2, 0.25) is 12.7 Å². The lowest BCUT2D eigenvalue weighted by molar-refractivity contribution is -0.202. The van der Waals surface area contributed by atoms with E-state index in [9.17, 15) is 37.4 Å².